The van der Waals surface area contributed by atoms with E-state index in [4.69, 9.17) is 9.47 Å². The van der Waals surface area contributed by atoms with Crippen LogP contribution in [0.2, 0.25) is 0 Å². The van der Waals surface area contributed by atoms with Crippen LogP contribution in [0.3, 0.4) is 0 Å². The van der Waals surface area contributed by atoms with E-state index in [0.29, 0.717) is 11.8 Å². The Bertz CT molecular complexity index is 750. The number of ether oxygens (including phenoxy) is 2. The van der Waals surface area contributed by atoms with E-state index in [1.54, 1.807) is 19.1 Å². The van der Waals surface area contributed by atoms with E-state index in [2.05, 4.69) is 16.5 Å². The molecule has 2 rings (SSSR count). The van der Waals surface area contributed by atoms with Crippen LogP contribution in [0.4, 0.5) is 13.2 Å². The molecule has 1 aliphatic rings. The molecule has 1 saturated heterocycles. The van der Waals surface area contributed by atoms with E-state index in [0.717, 1.165) is 18.2 Å². The summed E-state index contributed by atoms with van der Waals surface area (Å²) >= 11 is 0. The lowest BCUT2D eigenvalue weighted by Crippen LogP contribution is -2.56. The van der Waals surface area contributed by atoms with E-state index < -0.39 is 42.2 Å². The van der Waals surface area contributed by atoms with E-state index in [9.17, 15) is 23.4 Å². The number of aliphatic hydroxyl groups is 2. The number of hydrogen-bond donors (Lipinski definition) is 2. The van der Waals surface area contributed by atoms with Crippen molar-refractivity contribution < 1.29 is 32.9 Å². The number of halogens is 3. The monoisotopic (exact) mass is 430 g/mol. The molecule has 2 N–H and O–H groups in total. The Morgan fingerprint density at radius 3 is 2.53 bits per heavy atom. The number of aromatic nitrogens is 2. The van der Waals surface area contributed by atoms with Gasteiger partial charge in [-0.1, -0.05) is 45.6 Å². The molecule has 0 aliphatic carbocycles. The molecule has 1 fully saturated rings. The maximum Gasteiger partial charge on any atom is 0.435 e. The number of hydrogen-bond acceptors (Lipinski definition) is 6. The summed E-state index contributed by atoms with van der Waals surface area (Å²) in [4.78, 5) is 6.87. The van der Waals surface area contributed by atoms with Crippen LogP contribution in [0.15, 0.2) is 48.3 Å². The Morgan fingerprint density at radius 2 is 1.97 bits per heavy atom. The highest BCUT2D eigenvalue weighted by Crippen LogP contribution is 2.30. The van der Waals surface area contributed by atoms with Crippen molar-refractivity contribution in [1.82, 2.24) is 9.97 Å². The zero-order valence-electron chi connectivity index (χ0n) is 17.6. The summed E-state index contributed by atoms with van der Waals surface area (Å²) in [7, 11) is 0. The molecule has 168 valence electrons. The minimum Gasteiger partial charge on any atom is -0.467 e. The van der Waals surface area contributed by atoms with Crippen LogP contribution in [-0.4, -0.2) is 51.2 Å². The second kappa shape index (κ2) is 11.8. The van der Waals surface area contributed by atoms with Gasteiger partial charge in [-0.3, -0.25) is 4.98 Å². The van der Waals surface area contributed by atoms with Crippen LogP contribution in [0, 0.1) is 0 Å². The van der Waals surface area contributed by atoms with Crippen LogP contribution in [0.25, 0.3) is 0 Å². The molecule has 2 heterocycles. The molecule has 4 unspecified atom stereocenters. The second-order valence-corrected chi connectivity index (χ2v) is 6.34. The average molecular weight is 430 g/mol. The quantitative estimate of drug-likeness (QED) is 0.667. The fraction of sp³-hybridized carbons (Fsp3) is 0.524. The Balaban J connectivity index is 0.00000218. The number of alkyl halides is 3. The summed E-state index contributed by atoms with van der Waals surface area (Å²) in [6, 6.07) is 0. The van der Waals surface area contributed by atoms with Crippen molar-refractivity contribution in [2.75, 3.05) is 6.61 Å². The van der Waals surface area contributed by atoms with Gasteiger partial charge < -0.3 is 19.7 Å². The molecule has 0 saturated carbocycles. The lowest BCUT2D eigenvalue weighted by Gasteiger charge is -2.38. The zero-order valence-corrected chi connectivity index (χ0v) is 17.6. The van der Waals surface area contributed by atoms with E-state index in [-0.39, 0.29) is 6.61 Å². The van der Waals surface area contributed by atoms with E-state index in [1.807, 2.05) is 26.8 Å². The van der Waals surface area contributed by atoms with Crippen molar-refractivity contribution in [1.29, 1.82) is 0 Å². The Labute approximate surface area is 174 Å². The molecular weight excluding hydrogens is 401 g/mol. The SMILES string of the molecule is C=C/C(=C\C=C(/C)C1OCC(O)C(O)C1Oc1cncc(C(F)(F)F)n1)CC.CC. The standard InChI is InChI=1S/C19H23F3N2O4.C2H6/c1-4-12(5-2)7-6-11(3)17-18(16(26)13(25)10-27-17)28-15-9-23-8-14(24-15)19(20,21)22;1-2/h4,6-9,13,16-18,25-26H,1,5,10H2,2-3H3;1-2H3/b11-6+,12-7+;. The topological polar surface area (TPSA) is 84.7 Å². The van der Waals surface area contributed by atoms with Crippen molar-refractivity contribution >= 4 is 0 Å². The molecule has 30 heavy (non-hydrogen) atoms. The lowest BCUT2D eigenvalue weighted by atomic mass is 9.94. The highest BCUT2D eigenvalue weighted by Gasteiger charge is 2.42. The zero-order chi connectivity index (χ0) is 22.9. The number of rotatable bonds is 6. The van der Waals surface area contributed by atoms with Crippen LogP contribution in [-0.2, 0) is 10.9 Å². The Morgan fingerprint density at radius 1 is 1.30 bits per heavy atom. The fourth-order valence-electron chi connectivity index (χ4n) is 2.66. The highest BCUT2D eigenvalue weighted by atomic mass is 19.4. The van der Waals surface area contributed by atoms with Crippen molar-refractivity contribution in [3.63, 3.8) is 0 Å². The van der Waals surface area contributed by atoms with Gasteiger partial charge in [-0.25, -0.2) is 4.98 Å². The Hall–Kier alpha value is -2.23. The van der Waals surface area contributed by atoms with Gasteiger partial charge in [0.15, 0.2) is 11.8 Å². The van der Waals surface area contributed by atoms with Crippen molar-refractivity contribution in [3.05, 3.63) is 54.0 Å². The predicted octanol–water partition coefficient (Wildman–Crippen LogP) is 3.86. The molecular formula is C21H29F3N2O4. The van der Waals surface area contributed by atoms with Gasteiger partial charge in [-0.15, -0.1) is 0 Å². The molecule has 4 atom stereocenters. The third-order valence-electron chi connectivity index (χ3n) is 4.31. The molecule has 6 nitrogen and oxygen atoms in total. The largest absolute Gasteiger partial charge is 0.467 e. The molecule has 0 spiro atoms. The fourth-order valence-corrected chi connectivity index (χ4v) is 2.66. The first kappa shape index (κ1) is 25.8. The maximum absolute atomic E-state index is 12.8. The molecule has 0 aromatic carbocycles. The van der Waals surface area contributed by atoms with Gasteiger partial charge in [-0.2, -0.15) is 13.2 Å². The lowest BCUT2D eigenvalue weighted by molar-refractivity contribution is -0.169. The van der Waals surface area contributed by atoms with Gasteiger partial charge >= 0.3 is 6.18 Å². The summed E-state index contributed by atoms with van der Waals surface area (Å²) in [5.74, 6) is -0.426. The smallest absolute Gasteiger partial charge is 0.435 e. The molecule has 9 heteroatoms. The first-order valence-corrected chi connectivity index (χ1v) is 9.70. The summed E-state index contributed by atoms with van der Waals surface area (Å²) in [5, 5.41) is 20.2. The van der Waals surface area contributed by atoms with Crippen LogP contribution in [0.1, 0.15) is 39.8 Å². The first-order valence-electron chi connectivity index (χ1n) is 9.70. The minimum atomic E-state index is -4.69. The van der Waals surface area contributed by atoms with Crippen LogP contribution >= 0.6 is 0 Å². The third-order valence-corrected chi connectivity index (χ3v) is 4.31. The Kier molecular flexibility index (Phi) is 10.2. The van der Waals surface area contributed by atoms with Gasteiger partial charge in [0.1, 0.15) is 18.3 Å². The molecule has 0 bridgehead atoms. The number of allylic oxidation sites excluding steroid dienone is 4. The summed E-state index contributed by atoms with van der Waals surface area (Å²) in [6.07, 6.45) is -1.65. The van der Waals surface area contributed by atoms with E-state index >= 15 is 0 Å². The van der Waals surface area contributed by atoms with Crippen LogP contribution in [0.5, 0.6) is 5.88 Å². The average Bonchev–Trinajstić information content (AvgIpc) is 2.73. The third kappa shape index (κ3) is 6.93. The first-order chi connectivity index (χ1) is 14.2. The van der Waals surface area contributed by atoms with Crippen LogP contribution < -0.4 is 4.74 Å². The highest BCUT2D eigenvalue weighted by molar-refractivity contribution is 5.26. The molecule has 0 radical (unpaired) electrons. The summed E-state index contributed by atoms with van der Waals surface area (Å²) in [6.45, 7) is 11.3. The van der Waals surface area contributed by atoms with Gasteiger partial charge in [0.05, 0.1) is 19.0 Å². The summed E-state index contributed by atoms with van der Waals surface area (Å²) < 4.78 is 49.6. The van der Waals surface area contributed by atoms with Gasteiger partial charge in [0.25, 0.3) is 0 Å². The number of nitrogens with zero attached hydrogens (tertiary/aromatic N) is 2. The second-order valence-electron chi connectivity index (χ2n) is 6.34. The summed E-state index contributed by atoms with van der Waals surface area (Å²) in [5.41, 5.74) is 0.405. The van der Waals surface area contributed by atoms with Crippen molar-refractivity contribution in [2.45, 2.75) is 64.7 Å². The molecule has 1 aromatic rings. The van der Waals surface area contributed by atoms with Gasteiger partial charge in [0.2, 0.25) is 5.88 Å². The predicted molar refractivity (Wildman–Crippen MR) is 107 cm³/mol. The molecule has 0 amide bonds. The normalized spacial score (nSPS) is 25.2. The van der Waals surface area contributed by atoms with Crippen molar-refractivity contribution in [3.8, 4) is 5.88 Å². The minimum absolute atomic E-state index is 0.142. The van der Waals surface area contributed by atoms with Gasteiger partial charge in [0, 0.05) is 0 Å². The van der Waals surface area contributed by atoms with Gasteiger partial charge in [-0.05, 0) is 24.5 Å². The van der Waals surface area contributed by atoms with E-state index in [1.165, 1.54) is 0 Å². The number of aliphatic hydroxyl groups excluding tert-OH is 2. The van der Waals surface area contributed by atoms with Crippen molar-refractivity contribution in [2.24, 2.45) is 0 Å². The maximum atomic E-state index is 12.8. The molecule has 1 aromatic heterocycles. The molecule has 1 aliphatic heterocycles.